The molecule has 0 atom stereocenters. The molecule has 1 aromatic heterocycles. The van der Waals surface area contributed by atoms with Gasteiger partial charge in [-0.15, -0.1) is 0 Å². The topological polar surface area (TPSA) is 124 Å². The molecule has 0 radical (unpaired) electrons. The van der Waals surface area contributed by atoms with Crippen molar-refractivity contribution in [2.45, 2.75) is 6.42 Å². The van der Waals surface area contributed by atoms with Crippen LogP contribution < -0.4 is 16.2 Å². The van der Waals surface area contributed by atoms with E-state index < -0.39 is 15.8 Å². The summed E-state index contributed by atoms with van der Waals surface area (Å²) in [6.45, 7) is 0.226. The quantitative estimate of drug-likeness (QED) is 0.592. The highest BCUT2D eigenvalue weighted by atomic mass is 32.2. The van der Waals surface area contributed by atoms with Gasteiger partial charge in [0.05, 0.1) is 11.9 Å². The molecule has 0 spiro atoms. The minimum absolute atomic E-state index is 0.0538. The Bertz CT molecular complexity index is 464. The van der Waals surface area contributed by atoms with E-state index in [1.165, 1.54) is 0 Å². The predicted octanol–water partition coefficient (Wildman–Crippen LogP) is -0.712. The molecule has 0 saturated carbocycles. The normalized spacial score (nSPS) is 11.4. The third-order valence-corrected chi connectivity index (χ3v) is 2.52. The van der Waals surface area contributed by atoms with Crippen LogP contribution in [0.3, 0.4) is 0 Å². The molecule has 16 heavy (non-hydrogen) atoms. The molecular formula is C7H12FN5O2S. The lowest BCUT2D eigenvalue weighted by Crippen LogP contribution is -2.19. The molecule has 0 aromatic carbocycles. The van der Waals surface area contributed by atoms with Crippen LogP contribution in [0.15, 0.2) is 6.20 Å². The molecule has 1 rings (SSSR count). The van der Waals surface area contributed by atoms with Gasteiger partial charge in [-0.05, 0) is 6.42 Å². The monoisotopic (exact) mass is 249 g/mol. The number of aromatic nitrogens is 2. The minimum atomic E-state index is -3.49. The van der Waals surface area contributed by atoms with Gasteiger partial charge in [-0.25, -0.2) is 22.9 Å². The van der Waals surface area contributed by atoms with Crippen LogP contribution in [-0.2, 0) is 10.0 Å². The Morgan fingerprint density at radius 1 is 1.50 bits per heavy atom. The first-order chi connectivity index (χ1) is 7.38. The Balaban J connectivity index is 2.46. The van der Waals surface area contributed by atoms with Gasteiger partial charge in [0.1, 0.15) is 0 Å². The van der Waals surface area contributed by atoms with Crippen LogP contribution >= 0.6 is 0 Å². The van der Waals surface area contributed by atoms with Gasteiger partial charge in [0.15, 0.2) is 11.6 Å². The second kappa shape index (κ2) is 5.03. The van der Waals surface area contributed by atoms with E-state index >= 15 is 0 Å². The van der Waals surface area contributed by atoms with Crippen molar-refractivity contribution in [3.63, 3.8) is 0 Å². The summed E-state index contributed by atoms with van der Waals surface area (Å²) in [7, 11) is -3.49. The number of sulfonamides is 1. The van der Waals surface area contributed by atoms with E-state index in [1.807, 2.05) is 0 Å². The van der Waals surface area contributed by atoms with Gasteiger partial charge < -0.3 is 11.1 Å². The van der Waals surface area contributed by atoms with Gasteiger partial charge in [0.25, 0.3) is 0 Å². The number of nitrogens with one attached hydrogen (secondary N) is 1. The molecule has 0 saturated heterocycles. The molecule has 9 heteroatoms. The van der Waals surface area contributed by atoms with E-state index in [9.17, 15) is 12.8 Å². The molecule has 5 N–H and O–H groups in total. The number of hydrogen-bond donors (Lipinski definition) is 3. The molecule has 0 aliphatic carbocycles. The fraction of sp³-hybridized carbons (Fsp3) is 0.429. The lowest BCUT2D eigenvalue weighted by molar-refractivity contribution is 0.595. The lowest BCUT2D eigenvalue weighted by Gasteiger charge is -2.05. The van der Waals surface area contributed by atoms with Gasteiger partial charge >= 0.3 is 0 Å². The smallest absolute Gasteiger partial charge is 0.222 e. The van der Waals surface area contributed by atoms with Crippen molar-refractivity contribution < 1.29 is 12.8 Å². The zero-order chi connectivity index (χ0) is 12.2. The minimum Gasteiger partial charge on any atom is -0.368 e. The first-order valence-corrected chi connectivity index (χ1v) is 6.12. The number of halogens is 1. The molecule has 0 aliphatic heterocycles. The zero-order valence-electron chi connectivity index (χ0n) is 8.35. The highest BCUT2D eigenvalue weighted by Gasteiger charge is 2.06. The first kappa shape index (κ1) is 12.6. The molecule has 90 valence electrons. The Kier molecular flexibility index (Phi) is 3.96. The fourth-order valence-electron chi connectivity index (χ4n) is 0.985. The SMILES string of the molecule is Nc1ncc(F)c(NCCCS(N)(=O)=O)n1. The predicted molar refractivity (Wildman–Crippen MR) is 57.5 cm³/mol. The number of nitrogens with zero attached hydrogens (tertiary/aromatic N) is 2. The highest BCUT2D eigenvalue weighted by Crippen LogP contribution is 2.09. The number of rotatable bonds is 5. The molecule has 1 heterocycles. The molecule has 0 fully saturated rings. The molecule has 7 nitrogen and oxygen atoms in total. The van der Waals surface area contributed by atoms with Crippen molar-refractivity contribution in [2.24, 2.45) is 5.14 Å². The molecule has 0 bridgehead atoms. The van der Waals surface area contributed by atoms with Gasteiger partial charge in [-0.1, -0.05) is 0 Å². The molecule has 1 aromatic rings. The summed E-state index contributed by atoms with van der Waals surface area (Å²) in [5.74, 6) is -0.940. The van der Waals surface area contributed by atoms with Gasteiger partial charge in [0, 0.05) is 6.54 Å². The second-order valence-electron chi connectivity index (χ2n) is 3.07. The molecule has 0 aliphatic rings. The summed E-state index contributed by atoms with van der Waals surface area (Å²) >= 11 is 0. The van der Waals surface area contributed by atoms with Crippen LogP contribution in [0.25, 0.3) is 0 Å². The van der Waals surface area contributed by atoms with Crippen molar-refractivity contribution in [3.05, 3.63) is 12.0 Å². The molecule has 0 unspecified atom stereocenters. The summed E-state index contributed by atoms with van der Waals surface area (Å²) in [6.07, 6.45) is 1.19. The Morgan fingerprint density at radius 2 is 2.19 bits per heavy atom. The Labute approximate surface area is 92.1 Å². The van der Waals surface area contributed by atoms with E-state index in [2.05, 4.69) is 15.3 Å². The van der Waals surface area contributed by atoms with Gasteiger partial charge in [-0.3, -0.25) is 0 Å². The summed E-state index contributed by atoms with van der Waals surface area (Å²) in [5, 5.41) is 7.39. The Morgan fingerprint density at radius 3 is 2.81 bits per heavy atom. The number of hydrogen-bond acceptors (Lipinski definition) is 6. The van der Waals surface area contributed by atoms with Crippen LogP contribution in [-0.4, -0.2) is 30.7 Å². The third-order valence-electron chi connectivity index (χ3n) is 1.66. The fourth-order valence-corrected chi connectivity index (χ4v) is 1.53. The largest absolute Gasteiger partial charge is 0.368 e. The summed E-state index contributed by atoms with van der Waals surface area (Å²) in [4.78, 5) is 7.05. The maximum absolute atomic E-state index is 13.0. The molecule has 0 amide bonds. The van der Waals surface area contributed by atoms with E-state index in [0.717, 1.165) is 6.20 Å². The highest BCUT2D eigenvalue weighted by molar-refractivity contribution is 7.89. The average molecular weight is 249 g/mol. The van der Waals surface area contributed by atoms with E-state index in [4.69, 9.17) is 10.9 Å². The standard InChI is InChI=1S/C7H12FN5O2S/c8-5-4-12-7(9)13-6(5)11-2-1-3-16(10,14)15/h4H,1-3H2,(H2,10,14,15)(H3,9,11,12,13). The summed E-state index contributed by atoms with van der Waals surface area (Å²) in [6, 6.07) is 0. The number of nitrogens with two attached hydrogens (primary N) is 2. The van der Waals surface area contributed by atoms with Crippen molar-refractivity contribution in [3.8, 4) is 0 Å². The average Bonchev–Trinajstić information content (AvgIpc) is 2.16. The summed E-state index contributed by atoms with van der Waals surface area (Å²) in [5.41, 5.74) is 5.26. The van der Waals surface area contributed by atoms with E-state index in [0.29, 0.717) is 0 Å². The maximum atomic E-state index is 13.0. The van der Waals surface area contributed by atoms with Crippen molar-refractivity contribution in [2.75, 3.05) is 23.3 Å². The maximum Gasteiger partial charge on any atom is 0.222 e. The van der Waals surface area contributed by atoms with Crippen LogP contribution in [0, 0.1) is 5.82 Å². The first-order valence-electron chi connectivity index (χ1n) is 4.41. The van der Waals surface area contributed by atoms with Crippen molar-refractivity contribution in [1.29, 1.82) is 0 Å². The third kappa shape index (κ3) is 4.36. The second-order valence-corrected chi connectivity index (χ2v) is 4.81. The zero-order valence-corrected chi connectivity index (χ0v) is 9.17. The lowest BCUT2D eigenvalue weighted by atomic mass is 10.4. The van der Waals surface area contributed by atoms with Crippen LogP contribution in [0.4, 0.5) is 16.2 Å². The van der Waals surface area contributed by atoms with Crippen LogP contribution in [0.1, 0.15) is 6.42 Å². The van der Waals surface area contributed by atoms with Crippen molar-refractivity contribution >= 4 is 21.8 Å². The number of anilines is 2. The van der Waals surface area contributed by atoms with Gasteiger partial charge in [0.2, 0.25) is 16.0 Å². The Hall–Kier alpha value is -1.48. The molecular weight excluding hydrogens is 237 g/mol. The van der Waals surface area contributed by atoms with Crippen LogP contribution in [0.5, 0.6) is 0 Å². The van der Waals surface area contributed by atoms with E-state index in [-0.39, 0.29) is 30.5 Å². The van der Waals surface area contributed by atoms with Gasteiger partial charge in [-0.2, -0.15) is 4.98 Å². The van der Waals surface area contributed by atoms with E-state index in [1.54, 1.807) is 0 Å². The van der Waals surface area contributed by atoms with Crippen molar-refractivity contribution in [1.82, 2.24) is 9.97 Å². The number of nitrogen functional groups attached to an aromatic ring is 1. The summed E-state index contributed by atoms with van der Waals surface area (Å²) < 4.78 is 34.2. The number of primary sulfonamides is 1. The van der Waals surface area contributed by atoms with Crippen LogP contribution in [0.2, 0.25) is 0 Å².